The highest BCUT2D eigenvalue weighted by atomic mass is 16.7. The molecule has 3 rings (SSSR count). The summed E-state index contributed by atoms with van der Waals surface area (Å²) < 4.78 is 22.1. The highest BCUT2D eigenvalue weighted by Crippen LogP contribution is 2.26. The molecule has 0 saturated carbocycles. The first-order valence-corrected chi connectivity index (χ1v) is 9.50. The summed E-state index contributed by atoms with van der Waals surface area (Å²) in [4.78, 5) is 11.4. The van der Waals surface area contributed by atoms with Crippen LogP contribution in [0.2, 0.25) is 0 Å². The lowest BCUT2D eigenvalue weighted by Crippen LogP contribution is -2.60. The Labute approximate surface area is 169 Å². The van der Waals surface area contributed by atoms with Gasteiger partial charge in [-0.1, -0.05) is 60.7 Å². The highest BCUT2D eigenvalue weighted by molar-refractivity contribution is 5.66. The van der Waals surface area contributed by atoms with Crippen LogP contribution in [0.15, 0.2) is 60.7 Å². The fourth-order valence-corrected chi connectivity index (χ4v) is 3.19. The molecule has 0 radical (unpaired) electrons. The molecule has 29 heavy (non-hydrogen) atoms. The lowest BCUT2D eigenvalue weighted by molar-refractivity contribution is -0.301. The molecule has 1 saturated heterocycles. The van der Waals surface area contributed by atoms with Gasteiger partial charge < -0.3 is 29.2 Å². The maximum absolute atomic E-state index is 11.4. The minimum Gasteiger partial charge on any atom is -0.454 e. The Bertz CT molecular complexity index is 752. The van der Waals surface area contributed by atoms with Crippen molar-refractivity contribution < 1.29 is 34.0 Å². The van der Waals surface area contributed by atoms with Gasteiger partial charge >= 0.3 is 5.97 Å². The summed E-state index contributed by atoms with van der Waals surface area (Å²) in [7, 11) is 0. The lowest BCUT2D eigenvalue weighted by Gasteiger charge is -2.41. The van der Waals surface area contributed by atoms with Gasteiger partial charge in [-0.05, 0) is 11.1 Å². The van der Waals surface area contributed by atoms with Crippen LogP contribution in [0.4, 0.5) is 0 Å². The second kappa shape index (κ2) is 10.5. The Morgan fingerprint density at radius 3 is 2.10 bits per heavy atom. The largest absolute Gasteiger partial charge is 0.454 e. The molecule has 1 aliphatic heterocycles. The molecular weight excluding hydrogens is 376 g/mol. The van der Waals surface area contributed by atoms with E-state index in [0.29, 0.717) is 6.61 Å². The molecule has 0 bridgehead atoms. The van der Waals surface area contributed by atoms with Crippen molar-refractivity contribution in [2.45, 2.75) is 50.8 Å². The molecule has 7 heteroatoms. The number of carbonyl (C=O) groups is 1. The second-order valence-electron chi connectivity index (χ2n) is 6.89. The predicted octanol–water partition coefficient (Wildman–Crippen LogP) is 1.80. The molecule has 156 valence electrons. The van der Waals surface area contributed by atoms with Gasteiger partial charge in [-0.2, -0.15) is 0 Å². The number of ether oxygens (including phenoxy) is 4. The molecule has 2 unspecified atom stereocenters. The Hall–Kier alpha value is -2.29. The van der Waals surface area contributed by atoms with Gasteiger partial charge in [-0.3, -0.25) is 4.79 Å². The minimum atomic E-state index is -1.44. The van der Waals surface area contributed by atoms with Crippen LogP contribution >= 0.6 is 0 Å². The van der Waals surface area contributed by atoms with Gasteiger partial charge in [0.2, 0.25) is 0 Å². The van der Waals surface area contributed by atoms with E-state index in [2.05, 4.69) is 0 Å². The molecule has 2 aromatic rings. The third-order valence-corrected chi connectivity index (χ3v) is 4.62. The first-order chi connectivity index (χ1) is 14.0. The fourth-order valence-electron chi connectivity index (χ4n) is 3.19. The van der Waals surface area contributed by atoms with E-state index in [1.54, 1.807) is 0 Å². The van der Waals surface area contributed by atoms with E-state index in [1.807, 2.05) is 60.7 Å². The van der Waals surface area contributed by atoms with Gasteiger partial charge in [0.25, 0.3) is 0 Å². The van der Waals surface area contributed by atoms with Crippen LogP contribution in [0.1, 0.15) is 18.1 Å². The van der Waals surface area contributed by atoms with Crippen LogP contribution in [0.3, 0.4) is 0 Å². The molecule has 1 aliphatic rings. The first kappa shape index (κ1) is 21.4. The quantitative estimate of drug-likeness (QED) is 0.650. The Morgan fingerprint density at radius 1 is 0.931 bits per heavy atom. The Kier molecular flexibility index (Phi) is 7.74. The third-order valence-electron chi connectivity index (χ3n) is 4.62. The molecule has 2 aromatic carbocycles. The number of hydrogen-bond acceptors (Lipinski definition) is 7. The minimum absolute atomic E-state index is 0.0467. The second-order valence-corrected chi connectivity index (χ2v) is 6.89. The molecule has 0 amide bonds. The SMILES string of the molecule is CC(=O)O[C@H]1C(O)OC(COCc2ccccc2)[C@H](O)[C@@H]1OCc1ccccc1. The molecule has 0 aliphatic carbocycles. The molecular formula is C22H26O7. The van der Waals surface area contributed by atoms with Crippen LogP contribution in [-0.2, 0) is 37.0 Å². The number of benzene rings is 2. The van der Waals surface area contributed by atoms with Crippen LogP contribution < -0.4 is 0 Å². The van der Waals surface area contributed by atoms with E-state index in [-0.39, 0.29) is 13.2 Å². The standard InChI is InChI=1S/C22H26O7/c1-15(23)28-21-20(27-13-17-10-6-3-7-11-17)19(24)18(29-22(21)25)14-26-12-16-8-4-2-5-9-16/h2-11,18-22,24-25H,12-14H2,1H3/t18?,19-,20-,21+,22?/m0/s1. The van der Waals surface area contributed by atoms with E-state index in [1.165, 1.54) is 6.92 Å². The molecule has 0 spiro atoms. The summed E-state index contributed by atoms with van der Waals surface area (Å²) in [5.74, 6) is -0.600. The van der Waals surface area contributed by atoms with E-state index in [4.69, 9.17) is 18.9 Å². The first-order valence-electron chi connectivity index (χ1n) is 9.50. The number of aliphatic hydroxyl groups is 2. The molecule has 5 atom stereocenters. The molecule has 7 nitrogen and oxygen atoms in total. The van der Waals surface area contributed by atoms with Crippen molar-refractivity contribution in [1.29, 1.82) is 0 Å². The van der Waals surface area contributed by atoms with Gasteiger partial charge in [0.15, 0.2) is 12.4 Å². The summed E-state index contributed by atoms with van der Waals surface area (Å²) in [5, 5.41) is 21.1. The van der Waals surface area contributed by atoms with E-state index in [0.717, 1.165) is 11.1 Å². The van der Waals surface area contributed by atoms with Crippen LogP contribution in [0.5, 0.6) is 0 Å². The van der Waals surface area contributed by atoms with Crippen molar-refractivity contribution in [3.63, 3.8) is 0 Å². The maximum Gasteiger partial charge on any atom is 0.303 e. The van der Waals surface area contributed by atoms with E-state index < -0.39 is 36.7 Å². The van der Waals surface area contributed by atoms with Crippen LogP contribution in [0.25, 0.3) is 0 Å². The lowest BCUT2D eigenvalue weighted by atomic mass is 9.98. The average molecular weight is 402 g/mol. The normalized spacial score (nSPS) is 26.8. The van der Waals surface area contributed by atoms with Gasteiger partial charge in [0, 0.05) is 6.92 Å². The summed E-state index contributed by atoms with van der Waals surface area (Å²) in [5.41, 5.74) is 1.87. The molecule has 1 heterocycles. The van der Waals surface area contributed by atoms with E-state index >= 15 is 0 Å². The Balaban J connectivity index is 1.64. The summed E-state index contributed by atoms with van der Waals surface area (Å²) in [6, 6.07) is 19.0. The number of esters is 1. The number of hydrogen-bond donors (Lipinski definition) is 2. The summed E-state index contributed by atoms with van der Waals surface area (Å²) >= 11 is 0. The summed E-state index contributed by atoms with van der Waals surface area (Å²) in [6.45, 7) is 1.80. The third kappa shape index (κ3) is 6.09. The van der Waals surface area contributed by atoms with Crippen molar-refractivity contribution in [3.05, 3.63) is 71.8 Å². The number of rotatable bonds is 8. The fraction of sp³-hybridized carbons (Fsp3) is 0.409. The van der Waals surface area contributed by atoms with Gasteiger partial charge in [-0.15, -0.1) is 0 Å². The molecule has 1 fully saturated rings. The topological polar surface area (TPSA) is 94.5 Å². The van der Waals surface area contributed by atoms with Gasteiger partial charge in [-0.25, -0.2) is 0 Å². The van der Waals surface area contributed by atoms with Gasteiger partial charge in [0.05, 0.1) is 19.8 Å². The summed E-state index contributed by atoms with van der Waals surface area (Å²) in [6.07, 6.45) is -5.53. The van der Waals surface area contributed by atoms with Crippen molar-refractivity contribution in [3.8, 4) is 0 Å². The van der Waals surface area contributed by atoms with Gasteiger partial charge in [0.1, 0.15) is 18.3 Å². The smallest absolute Gasteiger partial charge is 0.303 e. The average Bonchev–Trinajstić information content (AvgIpc) is 2.72. The number of aliphatic hydroxyl groups excluding tert-OH is 2. The number of carbonyl (C=O) groups excluding carboxylic acids is 1. The zero-order chi connectivity index (χ0) is 20.6. The highest BCUT2D eigenvalue weighted by Gasteiger charge is 2.47. The Morgan fingerprint density at radius 2 is 1.52 bits per heavy atom. The van der Waals surface area contributed by atoms with Crippen molar-refractivity contribution in [2.75, 3.05) is 6.61 Å². The zero-order valence-electron chi connectivity index (χ0n) is 16.2. The van der Waals surface area contributed by atoms with Crippen molar-refractivity contribution >= 4 is 5.97 Å². The maximum atomic E-state index is 11.4. The zero-order valence-corrected chi connectivity index (χ0v) is 16.2. The monoisotopic (exact) mass is 402 g/mol. The molecule has 2 N–H and O–H groups in total. The van der Waals surface area contributed by atoms with Crippen LogP contribution in [0, 0.1) is 0 Å². The molecule has 0 aromatic heterocycles. The van der Waals surface area contributed by atoms with E-state index in [9.17, 15) is 15.0 Å². The van der Waals surface area contributed by atoms with Crippen molar-refractivity contribution in [2.24, 2.45) is 0 Å². The van der Waals surface area contributed by atoms with Crippen LogP contribution in [-0.4, -0.2) is 53.5 Å². The predicted molar refractivity (Wildman–Crippen MR) is 104 cm³/mol. The van der Waals surface area contributed by atoms with Crippen molar-refractivity contribution in [1.82, 2.24) is 0 Å².